The van der Waals surface area contributed by atoms with Gasteiger partial charge in [0, 0.05) is 5.56 Å². The molecule has 4 nitrogen and oxygen atoms in total. The highest BCUT2D eigenvalue weighted by molar-refractivity contribution is 5.93. The Labute approximate surface area is 127 Å². The number of rotatable bonds is 5. The van der Waals surface area contributed by atoms with Crippen LogP contribution in [0.4, 0.5) is 0 Å². The largest absolute Gasteiger partial charge is 0.489 e. The van der Waals surface area contributed by atoms with Gasteiger partial charge in [-0.3, -0.25) is 0 Å². The molecule has 22 heavy (non-hydrogen) atoms. The van der Waals surface area contributed by atoms with E-state index >= 15 is 0 Å². The molecule has 0 aliphatic carbocycles. The van der Waals surface area contributed by atoms with Gasteiger partial charge in [-0.05, 0) is 29.3 Å². The van der Waals surface area contributed by atoms with Gasteiger partial charge in [0.1, 0.15) is 12.4 Å². The van der Waals surface area contributed by atoms with E-state index in [2.05, 4.69) is 0 Å². The first-order valence-electron chi connectivity index (χ1n) is 6.82. The molecule has 110 valence electrons. The lowest BCUT2D eigenvalue weighted by molar-refractivity contribution is 0.0663. The Hall–Kier alpha value is -3.01. The van der Waals surface area contributed by atoms with Gasteiger partial charge in [-0.25, -0.2) is 4.79 Å². The minimum absolute atomic E-state index is 0.0575. The summed E-state index contributed by atoms with van der Waals surface area (Å²) >= 11 is 0. The minimum atomic E-state index is -1.08. The second kappa shape index (κ2) is 6.18. The zero-order valence-electron chi connectivity index (χ0n) is 11.7. The first kappa shape index (κ1) is 13.9. The highest BCUT2D eigenvalue weighted by atomic mass is 16.5. The molecule has 4 heteroatoms. The van der Waals surface area contributed by atoms with Crippen molar-refractivity contribution in [2.24, 2.45) is 0 Å². The molecular weight excluding hydrogens is 280 g/mol. The monoisotopic (exact) mass is 294 g/mol. The van der Waals surface area contributed by atoms with Crippen LogP contribution in [-0.2, 0) is 6.61 Å². The van der Waals surface area contributed by atoms with Crippen molar-refractivity contribution in [1.82, 2.24) is 0 Å². The summed E-state index contributed by atoms with van der Waals surface area (Å²) in [6.07, 6.45) is 1.37. The van der Waals surface area contributed by atoms with E-state index < -0.39 is 5.97 Å². The standard InChI is InChI=1S/C18H14O4/c19-18(20)17-16(10-11-21-17)14-6-8-15(9-7-14)22-12-13-4-2-1-3-5-13/h1-11H,12H2,(H,19,20). The van der Waals surface area contributed by atoms with Crippen molar-refractivity contribution in [1.29, 1.82) is 0 Å². The molecule has 0 amide bonds. The van der Waals surface area contributed by atoms with Crippen molar-refractivity contribution in [3.05, 3.63) is 78.3 Å². The van der Waals surface area contributed by atoms with E-state index in [0.29, 0.717) is 12.2 Å². The van der Waals surface area contributed by atoms with Crippen molar-refractivity contribution in [2.45, 2.75) is 6.61 Å². The third kappa shape index (κ3) is 3.01. The maximum atomic E-state index is 11.1. The number of ether oxygens (including phenoxy) is 1. The highest BCUT2D eigenvalue weighted by Gasteiger charge is 2.15. The van der Waals surface area contributed by atoms with Crippen molar-refractivity contribution in [2.75, 3.05) is 0 Å². The first-order chi connectivity index (χ1) is 10.7. The summed E-state index contributed by atoms with van der Waals surface area (Å²) in [5, 5.41) is 9.06. The summed E-state index contributed by atoms with van der Waals surface area (Å²) in [4.78, 5) is 11.1. The number of aromatic carboxylic acids is 1. The zero-order chi connectivity index (χ0) is 15.4. The predicted molar refractivity (Wildman–Crippen MR) is 81.9 cm³/mol. The Bertz CT molecular complexity index is 757. The van der Waals surface area contributed by atoms with Crippen LogP contribution in [-0.4, -0.2) is 11.1 Å². The number of carboxylic acid groups (broad SMARTS) is 1. The first-order valence-corrected chi connectivity index (χ1v) is 6.82. The Morgan fingerprint density at radius 2 is 1.73 bits per heavy atom. The van der Waals surface area contributed by atoms with Crippen LogP contribution in [0.1, 0.15) is 16.1 Å². The molecule has 2 aromatic carbocycles. The van der Waals surface area contributed by atoms with E-state index in [1.54, 1.807) is 6.07 Å². The normalized spacial score (nSPS) is 10.4. The Balaban J connectivity index is 1.73. The molecule has 0 radical (unpaired) electrons. The molecule has 3 rings (SSSR count). The average molecular weight is 294 g/mol. The summed E-state index contributed by atoms with van der Waals surface area (Å²) in [7, 11) is 0. The van der Waals surface area contributed by atoms with Gasteiger partial charge in [-0.2, -0.15) is 0 Å². The smallest absolute Gasteiger partial charge is 0.372 e. The van der Waals surface area contributed by atoms with Crippen molar-refractivity contribution in [3.8, 4) is 16.9 Å². The quantitative estimate of drug-likeness (QED) is 0.765. The lowest BCUT2D eigenvalue weighted by atomic mass is 10.1. The summed E-state index contributed by atoms with van der Waals surface area (Å²) in [5.74, 6) is -0.407. The SMILES string of the molecule is O=C(O)c1occc1-c1ccc(OCc2ccccc2)cc1. The van der Waals surface area contributed by atoms with Crippen molar-refractivity contribution < 1.29 is 19.1 Å². The Kier molecular flexibility index (Phi) is 3.92. The number of carboxylic acids is 1. The molecule has 0 fully saturated rings. The van der Waals surface area contributed by atoms with Crippen LogP contribution in [0, 0.1) is 0 Å². The Morgan fingerprint density at radius 3 is 2.41 bits per heavy atom. The van der Waals surface area contributed by atoms with Gasteiger partial charge in [0.2, 0.25) is 5.76 Å². The molecule has 0 saturated carbocycles. The van der Waals surface area contributed by atoms with E-state index in [1.165, 1.54) is 6.26 Å². The number of benzene rings is 2. The lowest BCUT2D eigenvalue weighted by Crippen LogP contribution is -1.96. The maximum absolute atomic E-state index is 11.1. The summed E-state index contributed by atoms with van der Waals surface area (Å²) < 4.78 is 10.7. The zero-order valence-corrected chi connectivity index (χ0v) is 11.7. The molecule has 1 N–H and O–H groups in total. The van der Waals surface area contributed by atoms with E-state index in [0.717, 1.165) is 16.9 Å². The number of hydrogen-bond acceptors (Lipinski definition) is 3. The molecule has 1 aromatic heterocycles. The van der Waals surface area contributed by atoms with E-state index in [9.17, 15) is 4.79 Å². The third-order valence-electron chi connectivity index (χ3n) is 3.27. The minimum Gasteiger partial charge on any atom is -0.489 e. The lowest BCUT2D eigenvalue weighted by Gasteiger charge is -2.07. The van der Waals surface area contributed by atoms with Gasteiger partial charge < -0.3 is 14.3 Å². The van der Waals surface area contributed by atoms with Crippen LogP contribution in [0.5, 0.6) is 5.75 Å². The van der Waals surface area contributed by atoms with Crippen LogP contribution >= 0.6 is 0 Å². The maximum Gasteiger partial charge on any atom is 0.372 e. The highest BCUT2D eigenvalue weighted by Crippen LogP contribution is 2.27. The fourth-order valence-electron chi connectivity index (χ4n) is 2.17. The van der Waals surface area contributed by atoms with E-state index in [4.69, 9.17) is 14.3 Å². The fourth-order valence-corrected chi connectivity index (χ4v) is 2.17. The van der Waals surface area contributed by atoms with Gasteiger partial charge in [0.15, 0.2) is 0 Å². The molecule has 0 bridgehead atoms. The van der Waals surface area contributed by atoms with Gasteiger partial charge in [-0.15, -0.1) is 0 Å². The predicted octanol–water partition coefficient (Wildman–Crippen LogP) is 4.22. The molecule has 0 unspecified atom stereocenters. The topological polar surface area (TPSA) is 59.7 Å². The second-order valence-electron chi connectivity index (χ2n) is 4.77. The molecule has 0 spiro atoms. The van der Waals surface area contributed by atoms with Crippen LogP contribution in [0.15, 0.2) is 71.3 Å². The molecule has 3 aromatic rings. The van der Waals surface area contributed by atoms with Gasteiger partial charge in [0.25, 0.3) is 0 Å². The summed E-state index contributed by atoms with van der Waals surface area (Å²) in [5.41, 5.74) is 2.43. The number of furan rings is 1. The Morgan fingerprint density at radius 1 is 1.00 bits per heavy atom. The van der Waals surface area contributed by atoms with Crippen molar-refractivity contribution in [3.63, 3.8) is 0 Å². The number of hydrogen-bond donors (Lipinski definition) is 1. The molecule has 0 aliphatic rings. The van der Waals surface area contributed by atoms with Crippen LogP contribution in [0.2, 0.25) is 0 Å². The third-order valence-corrected chi connectivity index (χ3v) is 3.27. The number of carbonyl (C=O) groups is 1. The summed E-state index contributed by atoms with van der Waals surface area (Å²) in [6.45, 7) is 0.492. The van der Waals surface area contributed by atoms with E-state index in [1.807, 2.05) is 54.6 Å². The van der Waals surface area contributed by atoms with Gasteiger partial charge >= 0.3 is 5.97 Å². The van der Waals surface area contributed by atoms with Crippen LogP contribution in [0.3, 0.4) is 0 Å². The second-order valence-corrected chi connectivity index (χ2v) is 4.77. The fraction of sp³-hybridized carbons (Fsp3) is 0.0556. The average Bonchev–Trinajstić information content (AvgIpc) is 3.04. The van der Waals surface area contributed by atoms with E-state index in [-0.39, 0.29) is 5.76 Å². The molecule has 0 atom stereocenters. The van der Waals surface area contributed by atoms with Crippen LogP contribution < -0.4 is 4.74 Å². The molecule has 1 heterocycles. The molecule has 0 saturated heterocycles. The van der Waals surface area contributed by atoms with Gasteiger partial charge in [0.05, 0.1) is 6.26 Å². The molecular formula is C18H14O4. The van der Waals surface area contributed by atoms with Crippen LogP contribution in [0.25, 0.3) is 11.1 Å². The van der Waals surface area contributed by atoms with Gasteiger partial charge in [-0.1, -0.05) is 42.5 Å². The van der Waals surface area contributed by atoms with Crippen molar-refractivity contribution >= 4 is 5.97 Å². The molecule has 0 aliphatic heterocycles. The summed E-state index contributed by atoms with van der Waals surface area (Å²) in [6, 6.07) is 18.8.